The van der Waals surface area contributed by atoms with Crippen molar-refractivity contribution < 1.29 is 4.79 Å². The first kappa shape index (κ1) is 8.62. The predicted molar refractivity (Wildman–Crippen MR) is 54.5 cm³/mol. The maximum Gasteiger partial charge on any atom is 0.186 e. The second-order valence-electron chi connectivity index (χ2n) is 2.86. The summed E-state index contributed by atoms with van der Waals surface area (Å²) in [4.78, 5) is 14.4. The molecule has 0 unspecified atom stereocenters. The van der Waals surface area contributed by atoms with Gasteiger partial charge in [0, 0.05) is 0 Å². The van der Waals surface area contributed by atoms with Crippen LogP contribution in [0.25, 0.3) is 0 Å². The van der Waals surface area contributed by atoms with Crippen molar-refractivity contribution in [2.45, 2.75) is 0 Å². The van der Waals surface area contributed by atoms with Gasteiger partial charge in [-0.3, -0.25) is 15.2 Å². The lowest BCUT2D eigenvalue weighted by Gasteiger charge is -2.09. The van der Waals surface area contributed by atoms with Crippen LogP contribution in [0.3, 0.4) is 0 Å². The second kappa shape index (κ2) is 3.83. The van der Waals surface area contributed by atoms with Crippen molar-refractivity contribution >= 4 is 17.8 Å². The average Bonchev–Trinajstić information content (AvgIpc) is 2.30. The minimum absolute atomic E-state index is 0.282. The molecular weight excluding hydrogens is 178 g/mol. The molecule has 0 atom stereocenters. The van der Waals surface area contributed by atoms with Gasteiger partial charge in [-0.25, -0.2) is 0 Å². The van der Waals surface area contributed by atoms with Gasteiger partial charge in [-0.15, -0.1) is 0 Å². The first-order valence-electron chi connectivity index (χ1n) is 4.28. The molecule has 1 aliphatic heterocycles. The average molecular weight is 187 g/mol. The molecule has 70 valence electrons. The van der Waals surface area contributed by atoms with Crippen LogP contribution in [0, 0.1) is 0 Å². The highest BCUT2D eigenvalue weighted by molar-refractivity contribution is 6.28. The third-order valence-electron chi connectivity index (χ3n) is 1.92. The first-order valence-corrected chi connectivity index (χ1v) is 4.28. The van der Waals surface area contributed by atoms with Gasteiger partial charge < -0.3 is 0 Å². The molecule has 0 aliphatic carbocycles. The van der Waals surface area contributed by atoms with Gasteiger partial charge in [0.15, 0.2) is 12.1 Å². The zero-order valence-electron chi connectivity index (χ0n) is 7.47. The van der Waals surface area contributed by atoms with Crippen molar-refractivity contribution in [3.8, 4) is 0 Å². The molecule has 0 amide bonds. The summed E-state index contributed by atoms with van der Waals surface area (Å²) in [6, 6.07) is 9.75. The Morgan fingerprint density at radius 2 is 2.07 bits per heavy atom. The van der Waals surface area contributed by atoms with Crippen molar-refractivity contribution in [2.24, 2.45) is 10.1 Å². The van der Waals surface area contributed by atoms with Gasteiger partial charge in [-0.1, -0.05) is 30.3 Å². The lowest BCUT2D eigenvalue weighted by molar-refractivity contribution is -0.102. The summed E-state index contributed by atoms with van der Waals surface area (Å²) in [5, 5.41) is 4.06. The number of rotatable bonds is 2. The molecule has 1 heterocycles. The van der Waals surface area contributed by atoms with E-state index in [1.807, 2.05) is 30.3 Å². The lowest BCUT2D eigenvalue weighted by atomic mass is 10.1. The lowest BCUT2D eigenvalue weighted by Crippen LogP contribution is -2.28. The number of carbonyl (C=O) groups excluding carboxylic acids is 1. The fourth-order valence-corrected chi connectivity index (χ4v) is 1.21. The predicted octanol–water partition coefficient (Wildman–Crippen LogP) is 0.591. The van der Waals surface area contributed by atoms with Gasteiger partial charge in [0.1, 0.15) is 0 Å². The molecule has 0 radical (unpaired) electrons. The highest BCUT2D eigenvalue weighted by atomic mass is 16.1. The van der Waals surface area contributed by atoms with Crippen LogP contribution in [0.5, 0.6) is 0 Å². The number of hydrazone groups is 1. The molecule has 0 fully saturated rings. The zero-order chi connectivity index (χ0) is 9.80. The summed E-state index contributed by atoms with van der Waals surface area (Å²) in [7, 11) is 0. The normalized spacial score (nSPS) is 15.1. The number of hydrogen-bond acceptors (Lipinski definition) is 4. The van der Waals surface area contributed by atoms with Gasteiger partial charge >= 0.3 is 0 Å². The first-order chi connectivity index (χ1) is 6.90. The number of aldehydes is 1. The number of hydrogen-bond donors (Lipinski definition) is 1. The van der Waals surface area contributed by atoms with Crippen LogP contribution in [-0.4, -0.2) is 24.4 Å². The van der Waals surface area contributed by atoms with Gasteiger partial charge in [0.2, 0.25) is 0 Å². The van der Waals surface area contributed by atoms with Crippen molar-refractivity contribution in [1.82, 2.24) is 5.43 Å². The Bertz CT molecular complexity index is 395. The SMILES string of the molecule is O=CC1=NCC(c2ccccc2)=NN1. The number of carbonyl (C=O) groups is 1. The fourth-order valence-electron chi connectivity index (χ4n) is 1.21. The Labute approximate surface area is 81.4 Å². The van der Waals surface area contributed by atoms with E-state index in [4.69, 9.17) is 0 Å². The van der Waals surface area contributed by atoms with E-state index in [-0.39, 0.29) is 5.84 Å². The third kappa shape index (κ3) is 1.69. The molecule has 1 N–H and O–H groups in total. The third-order valence-corrected chi connectivity index (χ3v) is 1.92. The molecule has 0 saturated heterocycles. The van der Waals surface area contributed by atoms with E-state index < -0.39 is 0 Å². The van der Waals surface area contributed by atoms with Crippen molar-refractivity contribution in [3.63, 3.8) is 0 Å². The summed E-state index contributed by atoms with van der Waals surface area (Å²) in [5.41, 5.74) is 4.45. The van der Waals surface area contributed by atoms with Crippen molar-refractivity contribution in [2.75, 3.05) is 6.54 Å². The van der Waals surface area contributed by atoms with E-state index >= 15 is 0 Å². The van der Waals surface area contributed by atoms with Gasteiger partial charge in [-0.2, -0.15) is 5.10 Å². The number of nitrogens with one attached hydrogen (secondary N) is 1. The molecule has 0 bridgehead atoms. The Morgan fingerprint density at radius 3 is 2.64 bits per heavy atom. The Morgan fingerprint density at radius 1 is 1.29 bits per heavy atom. The number of aliphatic imine (C=N–C) groups is 1. The van der Waals surface area contributed by atoms with Crippen LogP contribution in [0.1, 0.15) is 5.56 Å². The minimum atomic E-state index is 0.282. The highest BCUT2D eigenvalue weighted by Crippen LogP contribution is 2.03. The van der Waals surface area contributed by atoms with E-state index in [1.54, 1.807) is 0 Å². The van der Waals surface area contributed by atoms with Crippen LogP contribution in [0.4, 0.5) is 0 Å². The smallest absolute Gasteiger partial charge is 0.186 e. The van der Waals surface area contributed by atoms with Crippen LogP contribution in [0.15, 0.2) is 40.4 Å². The van der Waals surface area contributed by atoms with E-state index in [0.29, 0.717) is 12.8 Å². The molecule has 0 spiro atoms. The highest BCUT2D eigenvalue weighted by Gasteiger charge is 2.08. The molecular formula is C10H9N3O. The van der Waals surface area contributed by atoms with E-state index in [0.717, 1.165) is 11.3 Å². The van der Waals surface area contributed by atoms with Crippen LogP contribution in [-0.2, 0) is 4.79 Å². The van der Waals surface area contributed by atoms with E-state index in [2.05, 4.69) is 15.5 Å². The Kier molecular flexibility index (Phi) is 2.36. The molecule has 4 heteroatoms. The molecule has 1 aromatic carbocycles. The van der Waals surface area contributed by atoms with Crippen molar-refractivity contribution in [1.29, 1.82) is 0 Å². The molecule has 2 rings (SSSR count). The molecule has 14 heavy (non-hydrogen) atoms. The zero-order valence-corrected chi connectivity index (χ0v) is 7.47. The van der Waals surface area contributed by atoms with Gasteiger partial charge in [0.05, 0.1) is 12.3 Å². The van der Waals surface area contributed by atoms with E-state index in [1.165, 1.54) is 0 Å². The second-order valence-corrected chi connectivity index (χ2v) is 2.86. The largest absolute Gasteiger partial charge is 0.294 e. The monoisotopic (exact) mass is 187 g/mol. The van der Waals surface area contributed by atoms with Gasteiger partial charge in [0.25, 0.3) is 0 Å². The van der Waals surface area contributed by atoms with Crippen LogP contribution in [0.2, 0.25) is 0 Å². The summed E-state index contributed by atoms with van der Waals surface area (Å²) in [6.45, 7) is 0.449. The van der Waals surface area contributed by atoms with Crippen molar-refractivity contribution in [3.05, 3.63) is 35.9 Å². The summed E-state index contributed by atoms with van der Waals surface area (Å²) in [6.07, 6.45) is 0.658. The van der Waals surface area contributed by atoms with Crippen LogP contribution < -0.4 is 5.43 Å². The topological polar surface area (TPSA) is 53.8 Å². The molecule has 1 aromatic rings. The molecule has 4 nitrogen and oxygen atoms in total. The Balaban J connectivity index is 2.17. The summed E-state index contributed by atoms with van der Waals surface area (Å²) >= 11 is 0. The number of amidine groups is 1. The maximum absolute atomic E-state index is 10.3. The number of benzene rings is 1. The molecule has 0 saturated carbocycles. The summed E-state index contributed by atoms with van der Waals surface area (Å²) < 4.78 is 0. The standard InChI is InChI=1S/C10H9N3O/c14-7-10-11-6-9(12-13-10)8-4-2-1-3-5-8/h1-5,7H,6H2,(H,11,13). The van der Waals surface area contributed by atoms with Gasteiger partial charge in [-0.05, 0) is 5.56 Å². The molecule has 1 aliphatic rings. The maximum atomic E-state index is 10.3. The minimum Gasteiger partial charge on any atom is -0.294 e. The number of nitrogens with zero attached hydrogens (tertiary/aromatic N) is 2. The quantitative estimate of drug-likeness (QED) is 0.689. The molecule has 0 aromatic heterocycles. The Hall–Kier alpha value is -1.97. The van der Waals surface area contributed by atoms with E-state index in [9.17, 15) is 4.79 Å². The van der Waals surface area contributed by atoms with Crippen LogP contribution >= 0.6 is 0 Å². The summed E-state index contributed by atoms with van der Waals surface area (Å²) in [5.74, 6) is 0.282. The fraction of sp³-hybridized carbons (Fsp3) is 0.100.